The first-order valence-corrected chi connectivity index (χ1v) is 25.7. The molecule has 0 bridgehead atoms. The molecule has 0 amide bonds. The number of rotatable bonds is 14. The normalized spacial score (nSPS) is 13.1. The number of hydrogen-bond donors (Lipinski definition) is 0. The van der Waals surface area contributed by atoms with Crippen molar-refractivity contribution >= 4 is 75.5 Å². The Morgan fingerprint density at radius 2 is 0.597 bits per heavy atom. The molecule has 2 aliphatic rings. The Bertz CT molecular complexity index is 3120. The highest BCUT2D eigenvalue weighted by Gasteiger charge is 2.19. The number of benzene rings is 9. The third-order valence-corrected chi connectivity index (χ3v) is 14.4. The second-order valence-electron chi connectivity index (χ2n) is 19.2. The first-order valence-electron chi connectivity index (χ1n) is 25.7. The predicted molar refractivity (Wildman–Crippen MR) is 306 cm³/mol. The Balaban J connectivity index is 0.808. The molecule has 0 radical (unpaired) electrons. The summed E-state index contributed by atoms with van der Waals surface area (Å²) in [6.07, 6.45) is 18.6. The van der Waals surface area contributed by atoms with E-state index in [1.54, 1.807) is 7.11 Å². The zero-order chi connectivity index (χ0) is 48.6. The Morgan fingerprint density at radius 3 is 0.944 bits per heavy atom. The number of aryl methyl sites for hydroxylation is 5. The molecule has 0 aromatic heterocycles. The number of nitrogens with zero attached hydrogens (tertiary/aromatic N) is 3. The topological polar surface area (TPSA) is 19.0 Å². The Hall–Kier alpha value is -8.34. The average molecular weight is 936 g/mol. The van der Waals surface area contributed by atoms with Gasteiger partial charge >= 0.3 is 0 Å². The standard InChI is InChI=1S/C68H61N3O/c1-50-21-36-67(49-68(50)72-2)71(63-41-30-53(31-42-63)24-22-51-26-37-61(38-27-51)69(59-17-5-3-6-18-59)65-45-34-55-13-9-11-15-57(55)47-65)64-43-32-54(33-44-64)25-23-52-28-39-62(40-29-52)70(60-19-7-4-8-20-60)66-46-35-56-14-10-12-16-58(56)48-66/h3-8,17-49H,9-16H2,1-2H3. The van der Waals surface area contributed by atoms with Crippen molar-refractivity contribution < 1.29 is 4.74 Å². The summed E-state index contributed by atoms with van der Waals surface area (Å²) in [5, 5.41) is 0. The van der Waals surface area contributed by atoms with Gasteiger partial charge in [-0.05, 0) is 211 Å². The number of hydrogen-bond acceptors (Lipinski definition) is 4. The number of para-hydroxylation sites is 2. The summed E-state index contributed by atoms with van der Waals surface area (Å²) in [4.78, 5) is 7.04. The summed E-state index contributed by atoms with van der Waals surface area (Å²) < 4.78 is 5.81. The maximum Gasteiger partial charge on any atom is 0.123 e. The first-order chi connectivity index (χ1) is 35.5. The molecule has 0 heterocycles. The van der Waals surface area contributed by atoms with E-state index in [1.807, 2.05) is 0 Å². The summed E-state index contributed by atoms with van der Waals surface area (Å²) in [5.74, 6) is 0.859. The highest BCUT2D eigenvalue weighted by molar-refractivity contribution is 5.83. The molecule has 0 saturated carbocycles. The third kappa shape index (κ3) is 10.3. The maximum atomic E-state index is 5.81. The van der Waals surface area contributed by atoms with Crippen LogP contribution in [0.4, 0.5) is 51.2 Å². The molecule has 2 aliphatic carbocycles. The SMILES string of the molecule is COc1cc(N(c2ccc(C=Cc3ccc(N(c4ccccc4)c4ccc5c(c4)CCCC5)cc3)cc2)c2ccc(C=Cc3ccc(N(c4ccccc4)c4ccc5c(c4)CCCC5)cc3)cc2)ccc1C. The van der Waals surface area contributed by atoms with Crippen molar-refractivity contribution in [3.63, 3.8) is 0 Å². The summed E-state index contributed by atoms with van der Waals surface area (Å²) >= 11 is 0. The number of methoxy groups -OCH3 is 1. The lowest BCUT2D eigenvalue weighted by Gasteiger charge is -2.27. The lowest BCUT2D eigenvalue weighted by Crippen LogP contribution is -2.11. The van der Waals surface area contributed by atoms with Gasteiger partial charge < -0.3 is 19.4 Å². The van der Waals surface area contributed by atoms with Gasteiger partial charge in [-0.25, -0.2) is 0 Å². The molecule has 11 rings (SSSR count). The van der Waals surface area contributed by atoms with Gasteiger partial charge in [0.05, 0.1) is 7.11 Å². The van der Waals surface area contributed by atoms with E-state index in [9.17, 15) is 0 Å². The molecule has 9 aromatic rings. The van der Waals surface area contributed by atoms with E-state index in [1.165, 1.54) is 72.2 Å². The second-order valence-corrected chi connectivity index (χ2v) is 19.2. The van der Waals surface area contributed by atoms with Gasteiger partial charge in [-0.2, -0.15) is 0 Å². The number of ether oxygens (including phenoxy) is 1. The summed E-state index contributed by atoms with van der Waals surface area (Å²) in [6, 6.07) is 77.3. The molecule has 0 fully saturated rings. The van der Waals surface area contributed by atoms with Crippen LogP contribution in [0.3, 0.4) is 0 Å². The van der Waals surface area contributed by atoms with Crippen LogP contribution in [0.5, 0.6) is 5.75 Å². The van der Waals surface area contributed by atoms with Crippen LogP contribution in [-0.4, -0.2) is 7.11 Å². The highest BCUT2D eigenvalue weighted by atomic mass is 16.5. The zero-order valence-corrected chi connectivity index (χ0v) is 41.4. The monoisotopic (exact) mass is 935 g/mol. The average Bonchev–Trinajstić information content (AvgIpc) is 3.44. The van der Waals surface area contributed by atoms with Crippen molar-refractivity contribution in [3.8, 4) is 5.75 Å². The molecular formula is C68H61N3O. The van der Waals surface area contributed by atoms with Gasteiger partial charge in [-0.1, -0.05) is 127 Å². The van der Waals surface area contributed by atoms with E-state index in [0.717, 1.165) is 86.2 Å². The lowest BCUT2D eigenvalue weighted by atomic mass is 9.91. The molecule has 4 heteroatoms. The fraction of sp³-hybridized carbons (Fsp3) is 0.147. The predicted octanol–water partition coefficient (Wildman–Crippen LogP) is 18.5. The minimum absolute atomic E-state index is 0.859. The van der Waals surface area contributed by atoms with Gasteiger partial charge in [0.15, 0.2) is 0 Å². The fourth-order valence-electron chi connectivity index (χ4n) is 10.5. The molecule has 0 N–H and O–H groups in total. The van der Waals surface area contributed by atoms with E-state index in [-0.39, 0.29) is 0 Å². The van der Waals surface area contributed by atoms with E-state index >= 15 is 0 Å². The van der Waals surface area contributed by atoms with Crippen LogP contribution < -0.4 is 19.4 Å². The highest BCUT2D eigenvalue weighted by Crippen LogP contribution is 2.41. The molecule has 354 valence electrons. The lowest BCUT2D eigenvalue weighted by molar-refractivity contribution is 0.412. The Labute approximate surface area is 426 Å². The van der Waals surface area contributed by atoms with Crippen molar-refractivity contribution in [2.45, 2.75) is 58.3 Å². The smallest absolute Gasteiger partial charge is 0.123 e. The molecular weight excluding hydrogens is 875 g/mol. The van der Waals surface area contributed by atoms with Crippen LogP contribution in [0.15, 0.2) is 212 Å². The molecule has 0 unspecified atom stereocenters. The minimum atomic E-state index is 0.859. The van der Waals surface area contributed by atoms with Crippen LogP contribution in [0, 0.1) is 6.92 Å². The van der Waals surface area contributed by atoms with Gasteiger partial charge in [0.25, 0.3) is 0 Å². The molecule has 0 atom stereocenters. The minimum Gasteiger partial charge on any atom is -0.496 e. The molecule has 0 spiro atoms. The van der Waals surface area contributed by atoms with Gasteiger partial charge in [0, 0.05) is 57.3 Å². The van der Waals surface area contributed by atoms with Gasteiger partial charge in [-0.15, -0.1) is 0 Å². The van der Waals surface area contributed by atoms with Crippen molar-refractivity contribution in [1.82, 2.24) is 0 Å². The number of fused-ring (bicyclic) bond motifs is 2. The molecule has 72 heavy (non-hydrogen) atoms. The summed E-state index contributed by atoms with van der Waals surface area (Å²) in [5.41, 5.74) is 21.8. The Kier molecular flexibility index (Phi) is 13.7. The van der Waals surface area contributed by atoms with E-state index in [0.29, 0.717) is 0 Å². The summed E-state index contributed by atoms with van der Waals surface area (Å²) in [7, 11) is 1.74. The van der Waals surface area contributed by atoms with E-state index < -0.39 is 0 Å². The van der Waals surface area contributed by atoms with Crippen LogP contribution in [0.1, 0.15) is 75.8 Å². The van der Waals surface area contributed by atoms with Crippen molar-refractivity contribution in [3.05, 3.63) is 262 Å². The van der Waals surface area contributed by atoms with Gasteiger partial charge in [0.2, 0.25) is 0 Å². The largest absolute Gasteiger partial charge is 0.496 e. The quantitative estimate of drug-likeness (QED) is 0.101. The Morgan fingerprint density at radius 1 is 0.306 bits per heavy atom. The van der Waals surface area contributed by atoms with E-state index in [4.69, 9.17) is 4.74 Å². The molecule has 9 aromatic carbocycles. The van der Waals surface area contributed by atoms with Crippen LogP contribution >= 0.6 is 0 Å². The van der Waals surface area contributed by atoms with Crippen molar-refractivity contribution in [2.24, 2.45) is 0 Å². The molecule has 0 aliphatic heterocycles. The third-order valence-electron chi connectivity index (χ3n) is 14.4. The fourth-order valence-corrected chi connectivity index (χ4v) is 10.5. The van der Waals surface area contributed by atoms with E-state index in [2.05, 4.69) is 258 Å². The molecule has 0 saturated heterocycles. The molecule has 4 nitrogen and oxygen atoms in total. The zero-order valence-electron chi connectivity index (χ0n) is 41.4. The summed E-state index contributed by atoms with van der Waals surface area (Å²) in [6.45, 7) is 2.08. The first kappa shape index (κ1) is 46.1. The van der Waals surface area contributed by atoms with Gasteiger partial charge in [-0.3, -0.25) is 0 Å². The maximum absolute atomic E-state index is 5.81. The second kappa shape index (κ2) is 21.3. The number of anilines is 9. The van der Waals surface area contributed by atoms with Crippen molar-refractivity contribution in [1.29, 1.82) is 0 Å². The van der Waals surface area contributed by atoms with Crippen LogP contribution in [0.2, 0.25) is 0 Å². The van der Waals surface area contributed by atoms with Crippen LogP contribution in [-0.2, 0) is 25.7 Å². The van der Waals surface area contributed by atoms with Crippen molar-refractivity contribution in [2.75, 3.05) is 21.8 Å². The van der Waals surface area contributed by atoms with Crippen LogP contribution in [0.25, 0.3) is 24.3 Å². The van der Waals surface area contributed by atoms with Gasteiger partial charge in [0.1, 0.15) is 5.75 Å².